The van der Waals surface area contributed by atoms with Crippen LogP contribution in [0, 0.1) is 17.8 Å². The van der Waals surface area contributed by atoms with Crippen LogP contribution in [0.4, 0.5) is 0 Å². The van der Waals surface area contributed by atoms with Crippen molar-refractivity contribution in [3.8, 4) is 0 Å². The second-order valence-electron chi connectivity index (χ2n) is 3.62. The molecule has 0 aromatic carbocycles. The Morgan fingerprint density at radius 3 is 2.55 bits per heavy atom. The van der Waals surface area contributed by atoms with Gasteiger partial charge in [0, 0.05) is 18.3 Å². The summed E-state index contributed by atoms with van der Waals surface area (Å²) < 4.78 is 0. The summed E-state index contributed by atoms with van der Waals surface area (Å²) in [5, 5.41) is 0. The average molecular weight is 153 g/mol. The van der Waals surface area contributed by atoms with Crippen molar-refractivity contribution in [2.24, 2.45) is 23.5 Å². The van der Waals surface area contributed by atoms with Crippen molar-refractivity contribution in [2.45, 2.75) is 19.3 Å². The summed E-state index contributed by atoms with van der Waals surface area (Å²) in [6.45, 7) is 0. The maximum atomic E-state index is 11.1. The van der Waals surface area contributed by atoms with Crippen LogP contribution in [0.5, 0.6) is 0 Å². The average Bonchev–Trinajstić information content (AvgIpc) is 2.43. The van der Waals surface area contributed by atoms with Crippen molar-refractivity contribution in [1.29, 1.82) is 0 Å². The standard InChI is InChI=1S/C8H11NO2/c9-8(11)6-2-4-1-5(6)7(10)3-4/h4-6H,1-3H2,(H2,9,11). The van der Waals surface area contributed by atoms with Crippen LogP contribution < -0.4 is 5.73 Å². The topological polar surface area (TPSA) is 60.2 Å². The van der Waals surface area contributed by atoms with E-state index in [1.54, 1.807) is 0 Å². The van der Waals surface area contributed by atoms with E-state index in [2.05, 4.69) is 0 Å². The largest absolute Gasteiger partial charge is 0.369 e. The fourth-order valence-corrected chi connectivity index (χ4v) is 2.42. The van der Waals surface area contributed by atoms with Crippen molar-refractivity contribution < 1.29 is 9.59 Å². The molecule has 11 heavy (non-hydrogen) atoms. The Kier molecular flexibility index (Phi) is 1.28. The zero-order valence-electron chi connectivity index (χ0n) is 6.25. The van der Waals surface area contributed by atoms with E-state index in [1.807, 2.05) is 0 Å². The van der Waals surface area contributed by atoms with Gasteiger partial charge in [-0.1, -0.05) is 0 Å². The molecule has 2 N–H and O–H groups in total. The van der Waals surface area contributed by atoms with Gasteiger partial charge < -0.3 is 5.73 Å². The fourth-order valence-electron chi connectivity index (χ4n) is 2.42. The molecule has 3 unspecified atom stereocenters. The summed E-state index contributed by atoms with van der Waals surface area (Å²) in [4.78, 5) is 21.9. The van der Waals surface area contributed by atoms with E-state index in [-0.39, 0.29) is 23.5 Å². The van der Waals surface area contributed by atoms with Crippen LogP contribution in [0.1, 0.15) is 19.3 Å². The summed E-state index contributed by atoms with van der Waals surface area (Å²) in [5.41, 5.74) is 5.16. The molecule has 0 saturated heterocycles. The maximum absolute atomic E-state index is 11.1. The Labute approximate surface area is 64.9 Å². The number of primary amides is 1. The number of hydrogen-bond donors (Lipinski definition) is 1. The number of rotatable bonds is 1. The van der Waals surface area contributed by atoms with Gasteiger partial charge in [0.15, 0.2) is 0 Å². The molecule has 60 valence electrons. The summed E-state index contributed by atoms with van der Waals surface area (Å²) in [5.74, 6) is 0.277. The molecule has 3 heteroatoms. The summed E-state index contributed by atoms with van der Waals surface area (Å²) in [6, 6.07) is 0. The van der Waals surface area contributed by atoms with Crippen LogP contribution in [0.25, 0.3) is 0 Å². The minimum Gasteiger partial charge on any atom is -0.369 e. The summed E-state index contributed by atoms with van der Waals surface area (Å²) in [7, 11) is 0. The summed E-state index contributed by atoms with van der Waals surface area (Å²) >= 11 is 0. The lowest BCUT2D eigenvalue weighted by atomic mass is 9.87. The second-order valence-corrected chi connectivity index (χ2v) is 3.62. The smallest absolute Gasteiger partial charge is 0.221 e. The van der Waals surface area contributed by atoms with Crippen molar-refractivity contribution >= 4 is 11.7 Å². The van der Waals surface area contributed by atoms with Gasteiger partial charge in [-0.2, -0.15) is 0 Å². The highest BCUT2D eigenvalue weighted by molar-refractivity contribution is 5.91. The normalized spacial score (nSPS) is 41.5. The van der Waals surface area contributed by atoms with E-state index in [0.29, 0.717) is 12.3 Å². The third kappa shape index (κ3) is 0.870. The number of fused-ring (bicyclic) bond motifs is 2. The van der Waals surface area contributed by atoms with Crippen LogP contribution in [0.15, 0.2) is 0 Å². The molecule has 0 aromatic heterocycles. The Morgan fingerprint density at radius 1 is 1.45 bits per heavy atom. The number of carbonyl (C=O) groups is 2. The maximum Gasteiger partial charge on any atom is 0.221 e. The fraction of sp³-hybridized carbons (Fsp3) is 0.750. The van der Waals surface area contributed by atoms with Gasteiger partial charge in [-0.25, -0.2) is 0 Å². The number of ketones is 1. The lowest BCUT2D eigenvalue weighted by Crippen LogP contribution is -2.31. The van der Waals surface area contributed by atoms with Crippen LogP contribution in [0.2, 0.25) is 0 Å². The first-order valence-corrected chi connectivity index (χ1v) is 4.00. The van der Waals surface area contributed by atoms with Crippen molar-refractivity contribution in [3.63, 3.8) is 0 Å². The minimum absolute atomic E-state index is 0.0162. The third-order valence-electron chi connectivity index (χ3n) is 2.93. The van der Waals surface area contributed by atoms with Crippen molar-refractivity contribution in [2.75, 3.05) is 0 Å². The SMILES string of the molecule is NC(=O)C1CC2CC(=O)C1C2. The molecule has 2 rings (SSSR count). The van der Waals surface area contributed by atoms with E-state index in [4.69, 9.17) is 5.73 Å². The van der Waals surface area contributed by atoms with Gasteiger partial charge in [0.05, 0.1) is 0 Å². The number of amides is 1. The quantitative estimate of drug-likeness (QED) is 0.580. The molecule has 2 bridgehead atoms. The second kappa shape index (κ2) is 2.06. The molecular formula is C8H11NO2. The highest BCUT2D eigenvalue weighted by atomic mass is 16.1. The lowest BCUT2D eigenvalue weighted by molar-refractivity contribution is -0.131. The predicted molar refractivity (Wildman–Crippen MR) is 38.5 cm³/mol. The van der Waals surface area contributed by atoms with Gasteiger partial charge in [0.2, 0.25) is 5.91 Å². The Balaban J connectivity index is 2.18. The van der Waals surface area contributed by atoms with Gasteiger partial charge in [-0.05, 0) is 18.8 Å². The van der Waals surface area contributed by atoms with Crippen molar-refractivity contribution in [3.05, 3.63) is 0 Å². The highest BCUT2D eigenvalue weighted by Gasteiger charge is 2.47. The first kappa shape index (κ1) is 6.83. The molecule has 3 atom stereocenters. The van der Waals surface area contributed by atoms with Crippen molar-refractivity contribution in [1.82, 2.24) is 0 Å². The third-order valence-corrected chi connectivity index (χ3v) is 2.93. The molecule has 0 radical (unpaired) electrons. The molecule has 0 heterocycles. The molecular weight excluding hydrogens is 142 g/mol. The molecule has 1 amide bonds. The van der Waals surface area contributed by atoms with Crippen LogP contribution in [0.3, 0.4) is 0 Å². The zero-order chi connectivity index (χ0) is 8.01. The van der Waals surface area contributed by atoms with Gasteiger partial charge in [-0.15, -0.1) is 0 Å². The van der Waals surface area contributed by atoms with E-state index in [9.17, 15) is 9.59 Å². The molecule has 2 aliphatic carbocycles. The summed E-state index contributed by atoms with van der Waals surface area (Å²) in [6.07, 6.45) is 2.45. The minimum atomic E-state index is -0.287. The van der Waals surface area contributed by atoms with E-state index >= 15 is 0 Å². The van der Waals surface area contributed by atoms with Crippen LogP contribution >= 0.6 is 0 Å². The van der Waals surface area contributed by atoms with Crippen LogP contribution in [-0.4, -0.2) is 11.7 Å². The van der Waals surface area contributed by atoms with Gasteiger partial charge >= 0.3 is 0 Å². The van der Waals surface area contributed by atoms with Gasteiger partial charge in [0.1, 0.15) is 5.78 Å². The monoisotopic (exact) mass is 153 g/mol. The molecule has 2 saturated carbocycles. The molecule has 3 nitrogen and oxygen atoms in total. The highest BCUT2D eigenvalue weighted by Crippen LogP contribution is 2.45. The van der Waals surface area contributed by atoms with Gasteiger partial charge in [-0.3, -0.25) is 9.59 Å². The molecule has 0 aromatic rings. The van der Waals surface area contributed by atoms with Gasteiger partial charge in [0.25, 0.3) is 0 Å². The lowest BCUT2D eigenvalue weighted by Gasteiger charge is -2.16. The molecule has 2 aliphatic rings. The first-order valence-electron chi connectivity index (χ1n) is 4.00. The zero-order valence-corrected chi connectivity index (χ0v) is 6.25. The number of hydrogen-bond acceptors (Lipinski definition) is 2. The van der Waals surface area contributed by atoms with Crippen LogP contribution in [-0.2, 0) is 9.59 Å². The van der Waals surface area contributed by atoms with E-state index in [1.165, 1.54) is 0 Å². The van der Waals surface area contributed by atoms with E-state index in [0.717, 1.165) is 12.8 Å². The number of nitrogens with two attached hydrogens (primary N) is 1. The molecule has 2 fully saturated rings. The van der Waals surface area contributed by atoms with E-state index < -0.39 is 0 Å². The predicted octanol–water partition coefficient (Wildman–Crippen LogP) is 0.0869. The Morgan fingerprint density at radius 2 is 2.18 bits per heavy atom. The Bertz CT molecular complexity index is 224. The Hall–Kier alpha value is -0.860. The molecule has 0 spiro atoms. The molecule has 0 aliphatic heterocycles. The first-order chi connectivity index (χ1) is 5.18. The number of carbonyl (C=O) groups excluding carboxylic acids is 2. The number of Topliss-reactive ketones (excluding diaryl/α,β-unsaturated/α-hetero) is 1.